The summed E-state index contributed by atoms with van der Waals surface area (Å²) in [5, 5.41) is 0.865. The van der Waals surface area contributed by atoms with E-state index in [1.165, 1.54) is 10.5 Å². The average molecular weight is 304 g/mol. The minimum Gasteiger partial charge on any atom is -0.283 e. The van der Waals surface area contributed by atoms with Crippen LogP contribution in [0, 0.1) is 13.8 Å². The lowest BCUT2D eigenvalue weighted by atomic mass is 10.2. The molecule has 1 aliphatic rings. The third kappa shape index (κ3) is 2.79. The lowest BCUT2D eigenvalue weighted by Gasteiger charge is -2.12. The van der Waals surface area contributed by atoms with Crippen LogP contribution in [0.3, 0.4) is 0 Å². The Labute approximate surface area is 126 Å². The standard InChI is InChI=1S/C15H16N2OS2/c1-10-3-5-13(6-4-10)19-8-12-9-20-15-16-11(2)7-14(18)17(12)15/h3-7,12H,8-9H2,1-2H3. The molecule has 3 rings (SSSR count). The van der Waals surface area contributed by atoms with E-state index in [1.807, 2.05) is 11.5 Å². The van der Waals surface area contributed by atoms with Crippen molar-refractivity contribution in [2.75, 3.05) is 11.5 Å². The fraction of sp³-hybridized carbons (Fsp3) is 0.333. The van der Waals surface area contributed by atoms with Gasteiger partial charge in [0.2, 0.25) is 0 Å². The van der Waals surface area contributed by atoms with E-state index in [4.69, 9.17) is 0 Å². The topological polar surface area (TPSA) is 34.9 Å². The van der Waals surface area contributed by atoms with Gasteiger partial charge < -0.3 is 0 Å². The van der Waals surface area contributed by atoms with Crippen LogP contribution in [0.25, 0.3) is 0 Å². The van der Waals surface area contributed by atoms with Crippen molar-refractivity contribution in [3.05, 3.63) is 51.9 Å². The largest absolute Gasteiger partial charge is 0.283 e. The molecule has 20 heavy (non-hydrogen) atoms. The van der Waals surface area contributed by atoms with E-state index >= 15 is 0 Å². The zero-order valence-electron chi connectivity index (χ0n) is 11.5. The van der Waals surface area contributed by atoms with Crippen molar-refractivity contribution in [3.63, 3.8) is 0 Å². The molecule has 0 aliphatic carbocycles. The first-order valence-electron chi connectivity index (χ1n) is 6.56. The normalized spacial score (nSPS) is 17.2. The summed E-state index contributed by atoms with van der Waals surface area (Å²) >= 11 is 3.48. The molecule has 0 saturated carbocycles. The lowest BCUT2D eigenvalue weighted by molar-refractivity contribution is 0.547. The van der Waals surface area contributed by atoms with E-state index in [9.17, 15) is 4.79 Å². The molecule has 1 aromatic heterocycles. The number of hydrogen-bond donors (Lipinski definition) is 0. The molecule has 0 fully saturated rings. The quantitative estimate of drug-likeness (QED) is 0.644. The number of nitrogens with zero attached hydrogens (tertiary/aromatic N) is 2. The van der Waals surface area contributed by atoms with Crippen molar-refractivity contribution >= 4 is 23.5 Å². The van der Waals surface area contributed by atoms with Gasteiger partial charge in [-0.3, -0.25) is 9.36 Å². The number of aromatic nitrogens is 2. The highest BCUT2D eigenvalue weighted by atomic mass is 32.2. The molecule has 3 nitrogen and oxygen atoms in total. The Bertz CT molecular complexity index is 679. The van der Waals surface area contributed by atoms with Gasteiger partial charge in [0.15, 0.2) is 5.16 Å². The molecule has 1 unspecified atom stereocenters. The van der Waals surface area contributed by atoms with Crippen LogP contribution >= 0.6 is 23.5 Å². The third-order valence-corrected chi connectivity index (χ3v) is 5.54. The molecule has 2 heterocycles. The minimum atomic E-state index is 0.0759. The van der Waals surface area contributed by atoms with Gasteiger partial charge in [0, 0.05) is 28.2 Å². The van der Waals surface area contributed by atoms with Crippen molar-refractivity contribution in [3.8, 4) is 0 Å². The molecule has 0 bridgehead atoms. The van der Waals surface area contributed by atoms with Crippen molar-refractivity contribution in [2.45, 2.75) is 29.9 Å². The van der Waals surface area contributed by atoms with Gasteiger partial charge >= 0.3 is 0 Å². The Hall–Kier alpha value is -1.20. The van der Waals surface area contributed by atoms with Crippen LogP contribution in [0.4, 0.5) is 0 Å². The van der Waals surface area contributed by atoms with Crippen LogP contribution in [0.5, 0.6) is 0 Å². The number of hydrogen-bond acceptors (Lipinski definition) is 4. The fourth-order valence-corrected chi connectivity index (χ4v) is 4.54. The van der Waals surface area contributed by atoms with E-state index < -0.39 is 0 Å². The van der Waals surface area contributed by atoms with Gasteiger partial charge in [-0.05, 0) is 26.0 Å². The van der Waals surface area contributed by atoms with E-state index in [2.05, 4.69) is 36.2 Å². The second-order valence-electron chi connectivity index (χ2n) is 4.98. The number of thioether (sulfide) groups is 2. The zero-order chi connectivity index (χ0) is 14.1. The molecule has 2 aromatic rings. The summed E-state index contributed by atoms with van der Waals surface area (Å²) in [6, 6.07) is 10.4. The highest BCUT2D eigenvalue weighted by Crippen LogP contribution is 2.33. The third-order valence-electron chi connectivity index (χ3n) is 3.28. The van der Waals surface area contributed by atoms with Gasteiger partial charge in [0.1, 0.15) is 0 Å². The lowest BCUT2D eigenvalue weighted by Crippen LogP contribution is -2.25. The number of aryl methyl sites for hydroxylation is 2. The van der Waals surface area contributed by atoms with E-state index in [-0.39, 0.29) is 11.6 Å². The molecule has 0 saturated heterocycles. The Balaban J connectivity index is 1.75. The first-order chi connectivity index (χ1) is 9.63. The van der Waals surface area contributed by atoms with Gasteiger partial charge in [-0.2, -0.15) is 0 Å². The fourth-order valence-electron chi connectivity index (χ4n) is 2.21. The van der Waals surface area contributed by atoms with Crippen LogP contribution in [-0.4, -0.2) is 21.1 Å². The SMILES string of the molecule is Cc1ccc(SCC2CSc3nc(C)cc(=O)n32)cc1. The maximum Gasteiger partial charge on any atom is 0.254 e. The second kappa shape index (κ2) is 5.66. The van der Waals surface area contributed by atoms with Gasteiger partial charge in [-0.15, -0.1) is 11.8 Å². The summed E-state index contributed by atoms with van der Waals surface area (Å²) < 4.78 is 1.85. The molecular formula is C15H16N2OS2. The Morgan fingerprint density at radius 3 is 2.85 bits per heavy atom. The van der Waals surface area contributed by atoms with Gasteiger partial charge in [0.25, 0.3) is 5.56 Å². The highest BCUT2D eigenvalue weighted by molar-refractivity contribution is 8.00. The van der Waals surface area contributed by atoms with E-state index in [0.717, 1.165) is 22.4 Å². The molecule has 104 valence electrons. The van der Waals surface area contributed by atoms with Gasteiger partial charge in [-0.1, -0.05) is 29.5 Å². The van der Waals surface area contributed by atoms with E-state index in [1.54, 1.807) is 29.6 Å². The predicted octanol–water partition coefficient (Wildman–Crippen LogP) is 3.30. The summed E-state index contributed by atoms with van der Waals surface area (Å²) in [7, 11) is 0. The predicted molar refractivity (Wildman–Crippen MR) is 84.9 cm³/mol. The van der Waals surface area contributed by atoms with Crippen LogP contribution in [0.15, 0.2) is 45.2 Å². The Morgan fingerprint density at radius 1 is 1.35 bits per heavy atom. The van der Waals surface area contributed by atoms with Crippen molar-refractivity contribution in [1.82, 2.24) is 9.55 Å². The number of fused-ring (bicyclic) bond motifs is 1. The van der Waals surface area contributed by atoms with E-state index in [0.29, 0.717) is 0 Å². The van der Waals surface area contributed by atoms with Crippen molar-refractivity contribution < 1.29 is 0 Å². The summed E-state index contributed by atoms with van der Waals surface area (Å²) in [5.74, 6) is 1.85. The maximum absolute atomic E-state index is 12.1. The minimum absolute atomic E-state index is 0.0759. The van der Waals surface area contributed by atoms with Crippen LogP contribution in [-0.2, 0) is 0 Å². The molecule has 5 heteroatoms. The average Bonchev–Trinajstić information content (AvgIpc) is 2.81. The van der Waals surface area contributed by atoms with Gasteiger partial charge in [0.05, 0.1) is 6.04 Å². The zero-order valence-corrected chi connectivity index (χ0v) is 13.1. The molecule has 0 radical (unpaired) electrons. The summed E-state index contributed by atoms with van der Waals surface area (Å²) in [4.78, 5) is 17.8. The van der Waals surface area contributed by atoms with Crippen molar-refractivity contribution in [1.29, 1.82) is 0 Å². The second-order valence-corrected chi connectivity index (χ2v) is 7.06. The Kier molecular flexibility index (Phi) is 3.89. The molecule has 1 aromatic carbocycles. The Morgan fingerprint density at radius 2 is 2.10 bits per heavy atom. The first kappa shape index (κ1) is 13.8. The van der Waals surface area contributed by atoms with Crippen LogP contribution < -0.4 is 5.56 Å². The first-order valence-corrected chi connectivity index (χ1v) is 8.53. The summed E-state index contributed by atoms with van der Waals surface area (Å²) in [6.45, 7) is 3.96. The van der Waals surface area contributed by atoms with Crippen LogP contribution in [0.2, 0.25) is 0 Å². The molecular weight excluding hydrogens is 288 g/mol. The number of rotatable bonds is 3. The monoisotopic (exact) mass is 304 g/mol. The highest BCUT2D eigenvalue weighted by Gasteiger charge is 2.25. The van der Waals surface area contributed by atoms with Gasteiger partial charge in [-0.25, -0.2) is 4.98 Å². The molecule has 0 amide bonds. The number of benzene rings is 1. The van der Waals surface area contributed by atoms with Crippen molar-refractivity contribution in [2.24, 2.45) is 0 Å². The smallest absolute Gasteiger partial charge is 0.254 e. The molecule has 1 aliphatic heterocycles. The molecule has 1 atom stereocenters. The summed E-state index contributed by atoms with van der Waals surface area (Å²) in [6.07, 6.45) is 0. The summed E-state index contributed by atoms with van der Waals surface area (Å²) in [5.41, 5.74) is 2.15. The molecule has 0 spiro atoms. The molecule has 0 N–H and O–H groups in total. The van der Waals surface area contributed by atoms with Crippen LogP contribution in [0.1, 0.15) is 17.3 Å². The maximum atomic E-state index is 12.1.